The molecule has 0 bridgehead atoms. The number of benzene rings is 1. The number of nitrogens with one attached hydrogen (secondary N) is 2. The molecule has 1 fully saturated rings. The Morgan fingerprint density at radius 2 is 2.21 bits per heavy atom. The Balaban J connectivity index is 0.00000288. The second-order valence-corrected chi connectivity index (χ2v) is 5.55. The van der Waals surface area contributed by atoms with E-state index >= 15 is 0 Å². The summed E-state index contributed by atoms with van der Waals surface area (Å²) in [4.78, 5) is 7.02. The van der Waals surface area contributed by atoms with Crippen LogP contribution in [0.1, 0.15) is 13.3 Å². The molecule has 0 radical (unpaired) electrons. The first-order valence-corrected chi connectivity index (χ1v) is 8.12. The van der Waals surface area contributed by atoms with Gasteiger partial charge in [0, 0.05) is 26.2 Å². The minimum absolute atomic E-state index is 0. The number of para-hydroxylation sites is 2. The highest BCUT2D eigenvalue weighted by Crippen LogP contribution is 2.31. The number of guanidine groups is 1. The Morgan fingerprint density at radius 1 is 1.42 bits per heavy atom. The Kier molecular flexibility index (Phi) is 9.38. The molecule has 24 heavy (non-hydrogen) atoms. The number of hydrogen-bond acceptors (Lipinski definition) is 3. The third kappa shape index (κ3) is 5.78. The molecular formula is C18H27IN4O. The van der Waals surface area contributed by atoms with E-state index in [-0.39, 0.29) is 24.0 Å². The molecule has 1 atom stereocenters. The predicted molar refractivity (Wildman–Crippen MR) is 112 cm³/mol. The van der Waals surface area contributed by atoms with Gasteiger partial charge in [-0.3, -0.25) is 4.99 Å². The molecule has 1 saturated heterocycles. The summed E-state index contributed by atoms with van der Waals surface area (Å²) in [5.41, 5.74) is 1.17. The normalized spacial score (nSPS) is 17.0. The van der Waals surface area contributed by atoms with Crippen LogP contribution in [0.4, 0.5) is 5.69 Å². The number of nitrogens with zero attached hydrogens (tertiary/aromatic N) is 2. The van der Waals surface area contributed by atoms with Gasteiger partial charge in [0.05, 0.1) is 19.3 Å². The molecule has 0 aromatic heterocycles. The molecule has 0 spiro atoms. The topological polar surface area (TPSA) is 48.9 Å². The minimum atomic E-state index is 0. The molecule has 1 aromatic rings. The third-order valence-electron chi connectivity index (χ3n) is 3.92. The molecule has 1 unspecified atom stereocenters. The van der Waals surface area contributed by atoms with E-state index in [1.807, 2.05) is 19.1 Å². The van der Waals surface area contributed by atoms with Gasteiger partial charge >= 0.3 is 0 Å². The monoisotopic (exact) mass is 442 g/mol. The smallest absolute Gasteiger partial charge is 0.192 e. The van der Waals surface area contributed by atoms with E-state index < -0.39 is 0 Å². The van der Waals surface area contributed by atoms with Crippen molar-refractivity contribution in [1.82, 2.24) is 10.6 Å². The Hall–Kier alpha value is -1.62. The number of rotatable bonds is 6. The number of aliphatic imine (C=N–C) groups is 1. The summed E-state index contributed by atoms with van der Waals surface area (Å²) in [6.45, 7) is 6.20. The molecule has 1 aliphatic heterocycles. The van der Waals surface area contributed by atoms with Crippen molar-refractivity contribution in [2.24, 2.45) is 10.9 Å². The van der Waals surface area contributed by atoms with E-state index in [1.54, 1.807) is 7.11 Å². The second kappa shape index (κ2) is 11.0. The number of terminal acetylenes is 1. The summed E-state index contributed by atoms with van der Waals surface area (Å²) >= 11 is 0. The van der Waals surface area contributed by atoms with Gasteiger partial charge in [0.1, 0.15) is 5.75 Å². The summed E-state index contributed by atoms with van der Waals surface area (Å²) in [5, 5.41) is 6.34. The summed E-state index contributed by atoms with van der Waals surface area (Å²) in [5.74, 6) is 4.84. The fourth-order valence-electron chi connectivity index (χ4n) is 2.79. The average Bonchev–Trinajstić information content (AvgIpc) is 3.06. The van der Waals surface area contributed by atoms with Crippen LogP contribution in [0.5, 0.6) is 5.75 Å². The first-order valence-electron chi connectivity index (χ1n) is 8.12. The standard InChI is InChI=1S/C18H26N4O.HI/c1-4-11-20-18(19-5-2)21-13-15-10-12-22(14-15)16-8-6-7-9-17(16)23-3;/h1,6-9,15H,5,10-14H2,2-3H3,(H2,19,20,21);1H. The van der Waals surface area contributed by atoms with Crippen LogP contribution in [-0.4, -0.2) is 45.8 Å². The first-order chi connectivity index (χ1) is 11.3. The molecule has 0 saturated carbocycles. The molecular weight excluding hydrogens is 415 g/mol. The largest absolute Gasteiger partial charge is 0.495 e. The van der Waals surface area contributed by atoms with Crippen molar-refractivity contribution < 1.29 is 4.74 Å². The lowest BCUT2D eigenvalue weighted by atomic mass is 10.1. The quantitative estimate of drug-likeness (QED) is 0.308. The van der Waals surface area contributed by atoms with Gasteiger partial charge in [0.15, 0.2) is 5.96 Å². The van der Waals surface area contributed by atoms with Gasteiger partial charge in [-0.25, -0.2) is 0 Å². The van der Waals surface area contributed by atoms with Gasteiger partial charge < -0.3 is 20.3 Å². The van der Waals surface area contributed by atoms with Crippen LogP contribution in [0.3, 0.4) is 0 Å². The SMILES string of the molecule is C#CCNC(=NCC1CCN(c2ccccc2OC)C1)NCC.I. The maximum atomic E-state index is 5.46. The molecule has 2 rings (SSSR count). The maximum absolute atomic E-state index is 5.46. The van der Waals surface area contributed by atoms with E-state index in [0.29, 0.717) is 12.5 Å². The zero-order valence-electron chi connectivity index (χ0n) is 14.4. The Morgan fingerprint density at radius 3 is 2.92 bits per heavy atom. The van der Waals surface area contributed by atoms with Gasteiger partial charge in [-0.1, -0.05) is 18.1 Å². The van der Waals surface area contributed by atoms with Gasteiger partial charge in [0.25, 0.3) is 0 Å². The summed E-state index contributed by atoms with van der Waals surface area (Å²) < 4.78 is 5.46. The highest BCUT2D eigenvalue weighted by atomic mass is 127. The fourth-order valence-corrected chi connectivity index (χ4v) is 2.79. The highest BCUT2D eigenvalue weighted by Gasteiger charge is 2.24. The van der Waals surface area contributed by atoms with Crippen LogP contribution in [0.25, 0.3) is 0 Å². The van der Waals surface area contributed by atoms with E-state index in [1.165, 1.54) is 5.69 Å². The van der Waals surface area contributed by atoms with Gasteiger partial charge in [-0.15, -0.1) is 30.4 Å². The minimum Gasteiger partial charge on any atom is -0.495 e. The van der Waals surface area contributed by atoms with Crippen molar-refractivity contribution >= 4 is 35.6 Å². The van der Waals surface area contributed by atoms with Crippen molar-refractivity contribution in [2.75, 3.05) is 44.7 Å². The van der Waals surface area contributed by atoms with Gasteiger partial charge in [-0.05, 0) is 31.4 Å². The molecule has 0 amide bonds. The summed E-state index contributed by atoms with van der Waals surface area (Å²) in [7, 11) is 1.72. The fraction of sp³-hybridized carbons (Fsp3) is 0.500. The van der Waals surface area contributed by atoms with Gasteiger partial charge in [-0.2, -0.15) is 0 Å². The number of hydrogen-bond donors (Lipinski definition) is 2. The van der Waals surface area contributed by atoms with Crippen molar-refractivity contribution in [2.45, 2.75) is 13.3 Å². The van der Waals surface area contributed by atoms with Crippen LogP contribution in [-0.2, 0) is 0 Å². The lowest BCUT2D eigenvalue weighted by Crippen LogP contribution is -2.37. The van der Waals surface area contributed by atoms with E-state index in [9.17, 15) is 0 Å². The average molecular weight is 442 g/mol. The Bertz CT molecular complexity index is 570. The zero-order chi connectivity index (χ0) is 16.5. The van der Waals surface area contributed by atoms with Crippen molar-refractivity contribution in [3.05, 3.63) is 24.3 Å². The number of ether oxygens (including phenoxy) is 1. The predicted octanol–water partition coefficient (Wildman–Crippen LogP) is 2.33. The Labute approximate surface area is 162 Å². The third-order valence-corrected chi connectivity index (χ3v) is 3.92. The van der Waals surface area contributed by atoms with Crippen LogP contribution in [0.15, 0.2) is 29.3 Å². The number of anilines is 1. The molecule has 5 nitrogen and oxygen atoms in total. The van der Waals surface area contributed by atoms with Crippen LogP contribution in [0, 0.1) is 18.3 Å². The van der Waals surface area contributed by atoms with Crippen molar-refractivity contribution in [1.29, 1.82) is 0 Å². The van der Waals surface area contributed by atoms with Crippen molar-refractivity contribution in [3.63, 3.8) is 0 Å². The van der Waals surface area contributed by atoms with Crippen molar-refractivity contribution in [3.8, 4) is 18.1 Å². The molecule has 132 valence electrons. The van der Waals surface area contributed by atoms with E-state index in [4.69, 9.17) is 11.2 Å². The molecule has 1 aromatic carbocycles. The maximum Gasteiger partial charge on any atom is 0.192 e. The number of halogens is 1. The number of methoxy groups -OCH3 is 1. The van der Waals surface area contributed by atoms with Crippen LogP contribution in [0.2, 0.25) is 0 Å². The molecule has 1 heterocycles. The zero-order valence-corrected chi connectivity index (χ0v) is 16.7. The molecule has 1 aliphatic rings. The molecule has 2 N–H and O–H groups in total. The van der Waals surface area contributed by atoms with Crippen LogP contribution >= 0.6 is 24.0 Å². The second-order valence-electron chi connectivity index (χ2n) is 5.55. The lowest BCUT2D eigenvalue weighted by Gasteiger charge is -2.21. The van der Waals surface area contributed by atoms with Crippen LogP contribution < -0.4 is 20.3 Å². The highest BCUT2D eigenvalue weighted by molar-refractivity contribution is 14.0. The molecule has 6 heteroatoms. The van der Waals surface area contributed by atoms with E-state index in [2.05, 4.69) is 38.6 Å². The summed E-state index contributed by atoms with van der Waals surface area (Å²) in [6.07, 6.45) is 6.42. The van der Waals surface area contributed by atoms with Gasteiger partial charge in [0.2, 0.25) is 0 Å². The first kappa shape index (κ1) is 20.4. The van der Waals surface area contributed by atoms with E-state index in [0.717, 1.165) is 44.3 Å². The summed E-state index contributed by atoms with van der Waals surface area (Å²) in [6, 6.07) is 8.17. The lowest BCUT2D eigenvalue weighted by molar-refractivity contribution is 0.414. The molecule has 0 aliphatic carbocycles.